The molecule has 0 aliphatic rings. The van der Waals surface area contributed by atoms with E-state index >= 15 is 0 Å². The van der Waals surface area contributed by atoms with Crippen LogP contribution in [-0.4, -0.2) is 69.9 Å². The maximum absolute atomic E-state index is 12.1. The molecule has 1 rings (SSSR count). The zero-order valence-corrected chi connectivity index (χ0v) is 18.5. The van der Waals surface area contributed by atoms with Crippen LogP contribution >= 0.6 is 0 Å². The third kappa shape index (κ3) is 7.12. The lowest BCUT2D eigenvalue weighted by Crippen LogP contribution is -2.45. The normalized spacial score (nSPS) is 13.1. The van der Waals surface area contributed by atoms with Crippen LogP contribution in [0.1, 0.15) is 33.3 Å². The van der Waals surface area contributed by atoms with Gasteiger partial charge >= 0.3 is 0 Å². The molecule has 1 aromatic rings. The topological polar surface area (TPSA) is 77.0 Å². The third-order valence-corrected chi connectivity index (χ3v) is 6.20. The molecule has 0 amide bonds. The summed E-state index contributed by atoms with van der Waals surface area (Å²) in [6.07, 6.45) is 0. The summed E-state index contributed by atoms with van der Waals surface area (Å²) in [5.41, 5.74) is 0.988. The minimum absolute atomic E-state index is 0.293. The lowest BCUT2D eigenvalue weighted by Gasteiger charge is -2.30. The summed E-state index contributed by atoms with van der Waals surface area (Å²) in [6.45, 7) is 11.1. The van der Waals surface area contributed by atoms with Crippen LogP contribution in [0.15, 0.2) is 34.2 Å². The Bertz CT molecular complexity index is 689. The Labute approximate surface area is 164 Å². The van der Waals surface area contributed by atoms with E-state index in [1.807, 2.05) is 12.1 Å². The number of hydrogen-bond donors (Lipinski definition) is 2. The van der Waals surface area contributed by atoms with E-state index in [1.54, 1.807) is 19.2 Å². The van der Waals surface area contributed by atoms with Gasteiger partial charge in [0.2, 0.25) is 10.0 Å². The zero-order valence-electron chi connectivity index (χ0n) is 17.7. The molecule has 0 unspecified atom stereocenters. The van der Waals surface area contributed by atoms with Gasteiger partial charge in [0.15, 0.2) is 5.96 Å². The number of benzene rings is 1. The van der Waals surface area contributed by atoms with Gasteiger partial charge < -0.3 is 10.6 Å². The second-order valence-electron chi connectivity index (χ2n) is 7.21. The van der Waals surface area contributed by atoms with E-state index < -0.39 is 10.0 Å². The van der Waals surface area contributed by atoms with Crippen molar-refractivity contribution in [1.82, 2.24) is 19.8 Å². The number of rotatable bonds is 9. The molecular weight excluding hydrogens is 362 g/mol. The first-order valence-electron chi connectivity index (χ1n) is 9.31. The van der Waals surface area contributed by atoms with Crippen LogP contribution in [0.4, 0.5) is 0 Å². The average molecular weight is 398 g/mol. The van der Waals surface area contributed by atoms with E-state index in [-0.39, 0.29) is 0 Å². The van der Waals surface area contributed by atoms with Gasteiger partial charge in [-0.25, -0.2) is 12.7 Å². The average Bonchev–Trinajstić information content (AvgIpc) is 2.60. The van der Waals surface area contributed by atoms with Gasteiger partial charge in [-0.3, -0.25) is 9.89 Å². The predicted octanol–water partition coefficient (Wildman–Crippen LogP) is 1.72. The Morgan fingerprint density at radius 2 is 1.59 bits per heavy atom. The second-order valence-corrected chi connectivity index (χ2v) is 9.36. The third-order valence-electron chi connectivity index (χ3n) is 4.37. The minimum Gasteiger partial charge on any atom is -0.355 e. The zero-order chi connectivity index (χ0) is 20.6. The molecule has 1 aromatic carbocycles. The van der Waals surface area contributed by atoms with Crippen LogP contribution in [-0.2, 0) is 16.6 Å². The lowest BCUT2D eigenvalue weighted by molar-refractivity contribution is 0.178. The molecule has 0 saturated carbocycles. The minimum atomic E-state index is -3.39. The first kappa shape index (κ1) is 23.4. The molecule has 27 heavy (non-hydrogen) atoms. The van der Waals surface area contributed by atoms with Crippen LogP contribution in [0.25, 0.3) is 0 Å². The SMILES string of the molecule is CN=C(NCCN(C(C)C)C(C)C)NCc1ccc(S(=O)(=O)N(C)C)cc1. The Balaban J connectivity index is 2.56. The van der Waals surface area contributed by atoms with E-state index in [0.717, 1.165) is 24.6 Å². The van der Waals surface area contributed by atoms with E-state index in [1.165, 1.54) is 18.4 Å². The number of aliphatic imine (C=N–C) groups is 1. The Morgan fingerprint density at radius 3 is 2.04 bits per heavy atom. The van der Waals surface area contributed by atoms with Gasteiger partial charge in [-0.1, -0.05) is 12.1 Å². The van der Waals surface area contributed by atoms with Crippen LogP contribution in [0.2, 0.25) is 0 Å². The van der Waals surface area contributed by atoms with Crippen molar-refractivity contribution in [2.45, 2.75) is 51.2 Å². The number of nitrogens with one attached hydrogen (secondary N) is 2. The van der Waals surface area contributed by atoms with Gasteiger partial charge in [0.05, 0.1) is 4.90 Å². The molecule has 2 N–H and O–H groups in total. The van der Waals surface area contributed by atoms with E-state index in [4.69, 9.17) is 0 Å². The summed E-state index contributed by atoms with van der Waals surface area (Å²) in [7, 11) is 1.40. The van der Waals surface area contributed by atoms with E-state index in [2.05, 4.69) is 48.2 Å². The second kappa shape index (κ2) is 10.6. The maximum Gasteiger partial charge on any atom is 0.242 e. The summed E-state index contributed by atoms with van der Waals surface area (Å²) >= 11 is 0. The smallest absolute Gasteiger partial charge is 0.242 e. The number of nitrogens with zero attached hydrogens (tertiary/aromatic N) is 3. The van der Waals surface area contributed by atoms with Crippen LogP contribution < -0.4 is 10.6 Å². The first-order chi connectivity index (χ1) is 12.6. The molecule has 0 fully saturated rings. The molecule has 8 heteroatoms. The molecule has 0 heterocycles. The molecule has 0 radical (unpaired) electrons. The molecular formula is C19H35N5O2S. The molecule has 0 atom stereocenters. The molecule has 0 aliphatic heterocycles. The summed E-state index contributed by atoms with van der Waals surface area (Å²) in [5.74, 6) is 0.729. The van der Waals surface area contributed by atoms with Crippen molar-refractivity contribution in [2.75, 3.05) is 34.2 Å². The number of guanidine groups is 1. The number of sulfonamides is 1. The fraction of sp³-hybridized carbons (Fsp3) is 0.632. The molecule has 154 valence electrons. The maximum atomic E-state index is 12.1. The fourth-order valence-electron chi connectivity index (χ4n) is 2.81. The van der Waals surface area contributed by atoms with Gasteiger partial charge in [-0.15, -0.1) is 0 Å². The van der Waals surface area contributed by atoms with Gasteiger partial charge in [0.25, 0.3) is 0 Å². The quantitative estimate of drug-likeness (QED) is 0.490. The highest BCUT2D eigenvalue weighted by atomic mass is 32.2. The first-order valence-corrected chi connectivity index (χ1v) is 10.7. The molecule has 0 saturated heterocycles. The van der Waals surface area contributed by atoms with E-state index in [9.17, 15) is 8.42 Å². The standard InChI is InChI=1S/C19H35N5O2S/c1-15(2)24(16(3)4)13-12-21-19(20-5)22-14-17-8-10-18(11-9-17)27(25,26)23(6)7/h8-11,15-16H,12-14H2,1-7H3,(H2,20,21,22). The van der Waals surface area contributed by atoms with Crippen molar-refractivity contribution >= 4 is 16.0 Å². The van der Waals surface area contributed by atoms with Crippen LogP contribution in [0, 0.1) is 0 Å². The fourth-order valence-corrected chi connectivity index (χ4v) is 3.71. The largest absolute Gasteiger partial charge is 0.355 e. The molecule has 0 aliphatic carbocycles. The predicted molar refractivity (Wildman–Crippen MR) is 112 cm³/mol. The van der Waals surface area contributed by atoms with E-state index in [0.29, 0.717) is 23.5 Å². The Morgan fingerprint density at radius 1 is 1.04 bits per heavy atom. The summed E-state index contributed by atoms with van der Waals surface area (Å²) in [6, 6.07) is 7.89. The Hall–Kier alpha value is -1.64. The van der Waals surface area contributed by atoms with Crippen molar-refractivity contribution in [3.05, 3.63) is 29.8 Å². The molecule has 7 nitrogen and oxygen atoms in total. The summed E-state index contributed by atoms with van der Waals surface area (Å²) < 4.78 is 25.4. The monoisotopic (exact) mass is 397 g/mol. The molecule has 0 spiro atoms. The van der Waals surface area contributed by atoms with Gasteiger partial charge in [0, 0.05) is 52.9 Å². The highest BCUT2D eigenvalue weighted by Crippen LogP contribution is 2.13. The highest BCUT2D eigenvalue weighted by molar-refractivity contribution is 7.89. The highest BCUT2D eigenvalue weighted by Gasteiger charge is 2.16. The summed E-state index contributed by atoms with van der Waals surface area (Å²) in [4.78, 5) is 6.96. The van der Waals surface area contributed by atoms with Crippen molar-refractivity contribution < 1.29 is 8.42 Å². The van der Waals surface area contributed by atoms with Crippen molar-refractivity contribution in [3.63, 3.8) is 0 Å². The van der Waals surface area contributed by atoms with Gasteiger partial charge in [0.1, 0.15) is 0 Å². The van der Waals surface area contributed by atoms with Crippen molar-refractivity contribution in [3.8, 4) is 0 Å². The van der Waals surface area contributed by atoms with Crippen LogP contribution in [0.3, 0.4) is 0 Å². The summed E-state index contributed by atoms with van der Waals surface area (Å²) in [5, 5.41) is 6.58. The Kier molecular flexibility index (Phi) is 9.21. The van der Waals surface area contributed by atoms with Crippen molar-refractivity contribution in [1.29, 1.82) is 0 Å². The van der Waals surface area contributed by atoms with Crippen LogP contribution in [0.5, 0.6) is 0 Å². The molecule has 0 aromatic heterocycles. The molecule has 0 bridgehead atoms. The van der Waals surface area contributed by atoms with Crippen molar-refractivity contribution in [2.24, 2.45) is 4.99 Å². The number of hydrogen-bond acceptors (Lipinski definition) is 4. The lowest BCUT2D eigenvalue weighted by atomic mass is 10.2. The van der Waals surface area contributed by atoms with Gasteiger partial charge in [-0.05, 0) is 45.4 Å². The van der Waals surface area contributed by atoms with Gasteiger partial charge in [-0.2, -0.15) is 0 Å².